The first-order valence-corrected chi connectivity index (χ1v) is 13.2. The van der Waals surface area contributed by atoms with Crippen molar-refractivity contribution in [1.82, 2.24) is 15.0 Å². The molecule has 39 heavy (non-hydrogen) atoms. The smallest absolute Gasteiger partial charge is 0.208 e. The second-order valence-corrected chi connectivity index (χ2v) is 9.87. The van der Waals surface area contributed by atoms with Gasteiger partial charge < -0.3 is 0 Å². The summed E-state index contributed by atoms with van der Waals surface area (Å²) < 4.78 is 0. The van der Waals surface area contributed by atoms with Crippen LogP contribution in [0.4, 0.5) is 0 Å². The second-order valence-electron chi connectivity index (χ2n) is 9.53. The van der Waals surface area contributed by atoms with Gasteiger partial charge >= 0.3 is 0 Å². The Morgan fingerprint density at radius 2 is 0.769 bits per heavy atom. The largest absolute Gasteiger partial charge is 0.226 e. The van der Waals surface area contributed by atoms with Crippen molar-refractivity contribution in [2.24, 2.45) is 0 Å². The zero-order chi connectivity index (χ0) is 26.2. The Labute approximate surface area is 231 Å². The molecule has 0 aliphatic rings. The van der Waals surface area contributed by atoms with Crippen LogP contribution >= 0.6 is 11.6 Å². The number of nitrogens with zero attached hydrogens (tertiary/aromatic N) is 3. The van der Waals surface area contributed by atoms with Crippen LogP contribution in [0.25, 0.3) is 66.6 Å². The van der Waals surface area contributed by atoms with Crippen LogP contribution in [0.3, 0.4) is 0 Å². The fourth-order valence-corrected chi connectivity index (χ4v) is 5.14. The molecule has 0 spiro atoms. The van der Waals surface area contributed by atoms with E-state index < -0.39 is 0 Å². The van der Waals surface area contributed by atoms with Gasteiger partial charge in [0.25, 0.3) is 0 Å². The lowest BCUT2D eigenvalue weighted by Gasteiger charge is -2.09. The number of hydrogen-bond donors (Lipinski definition) is 0. The van der Waals surface area contributed by atoms with Crippen molar-refractivity contribution in [1.29, 1.82) is 0 Å². The molecular weight excluding hydrogens is 498 g/mol. The van der Waals surface area contributed by atoms with Crippen LogP contribution in [0.5, 0.6) is 0 Å². The quantitative estimate of drug-likeness (QED) is 0.232. The lowest BCUT2D eigenvalue weighted by Crippen LogP contribution is -1.97. The summed E-state index contributed by atoms with van der Waals surface area (Å²) in [6.45, 7) is 0. The Hall–Kier alpha value is -4.86. The average molecular weight is 520 g/mol. The minimum atomic E-state index is 0.175. The molecule has 0 unspecified atom stereocenters. The minimum Gasteiger partial charge on any atom is -0.208 e. The number of halogens is 1. The van der Waals surface area contributed by atoms with Gasteiger partial charge in [0.05, 0.1) is 0 Å². The SMILES string of the molecule is Clc1nc(-c2ccc(-c3ccccc3)cc2)nc(-c2ccc3cc(-c4ccc5ccccc5c4)ccc3c2)n1. The third kappa shape index (κ3) is 4.65. The van der Waals surface area contributed by atoms with Crippen molar-refractivity contribution in [2.45, 2.75) is 0 Å². The van der Waals surface area contributed by atoms with Crippen molar-refractivity contribution in [3.05, 3.63) is 139 Å². The number of benzene rings is 6. The molecule has 184 valence electrons. The zero-order valence-corrected chi connectivity index (χ0v) is 21.7. The summed E-state index contributed by atoms with van der Waals surface area (Å²) in [7, 11) is 0. The molecule has 0 amide bonds. The topological polar surface area (TPSA) is 38.7 Å². The van der Waals surface area contributed by atoms with Gasteiger partial charge in [-0.1, -0.05) is 115 Å². The molecule has 6 aromatic carbocycles. The van der Waals surface area contributed by atoms with Gasteiger partial charge in [-0.15, -0.1) is 0 Å². The lowest BCUT2D eigenvalue weighted by atomic mass is 9.98. The number of fused-ring (bicyclic) bond motifs is 2. The van der Waals surface area contributed by atoms with E-state index in [0.29, 0.717) is 11.6 Å². The van der Waals surface area contributed by atoms with Crippen LogP contribution < -0.4 is 0 Å². The monoisotopic (exact) mass is 519 g/mol. The summed E-state index contributed by atoms with van der Waals surface area (Å²) >= 11 is 6.36. The third-order valence-electron chi connectivity index (χ3n) is 7.04. The molecular formula is C35H22ClN3. The summed E-state index contributed by atoms with van der Waals surface area (Å²) in [5.74, 6) is 1.11. The minimum absolute atomic E-state index is 0.175. The highest BCUT2D eigenvalue weighted by atomic mass is 35.5. The highest BCUT2D eigenvalue weighted by molar-refractivity contribution is 6.28. The van der Waals surface area contributed by atoms with Crippen LogP contribution in [-0.4, -0.2) is 15.0 Å². The van der Waals surface area contributed by atoms with Crippen LogP contribution in [0, 0.1) is 0 Å². The third-order valence-corrected chi connectivity index (χ3v) is 7.21. The van der Waals surface area contributed by atoms with Crippen molar-refractivity contribution in [2.75, 3.05) is 0 Å². The van der Waals surface area contributed by atoms with Crippen molar-refractivity contribution < 1.29 is 0 Å². The molecule has 0 aliphatic carbocycles. The number of aromatic nitrogens is 3. The van der Waals surface area contributed by atoms with E-state index in [4.69, 9.17) is 16.6 Å². The zero-order valence-electron chi connectivity index (χ0n) is 20.9. The maximum Gasteiger partial charge on any atom is 0.226 e. The highest BCUT2D eigenvalue weighted by Gasteiger charge is 2.11. The molecule has 0 atom stereocenters. The Morgan fingerprint density at radius 3 is 1.46 bits per heavy atom. The Kier molecular flexibility index (Phi) is 5.84. The van der Waals surface area contributed by atoms with Crippen LogP contribution in [0.2, 0.25) is 5.28 Å². The molecule has 0 fully saturated rings. The van der Waals surface area contributed by atoms with Crippen LogP contribution in [0.15, 0.2) is 133 Å². The van der Waals surface area contributed by atoms with Crippen molar-refractivity contribution in [3.63, 3.8) is 0 Å². The fourth-order valence-electron chi connectivity index (χ4n) is 4.98. The molecule has 0 aliphatic heterocycles. The van der Waals surface area contributed by atoms with Gasteiger partial charge in [0, 0.05) is 11.1 Å². The first-order chi connectivity index (χ1) is 19.2. The first-order valence-electron chi connectivity index (χ1n) is 12.8. The maximum atomic E-state index is 6.36. The van der Waals surface area contributed by atoms with Gasteiger partial charge in [0.1, 0.15) is 0 Å². The van der Waals surface area contributed by atoms with Crippen molar-refractivity contribution >= 4 is 33.1 Å². The summed E-state index contributed by atoms with van der Waals surface area (Å²) in [6, 6.07) is 46.3. The normalized spacial score (nSPS) is 11.2. The fraction of sp³-hybridized carbons (Fsp3) is 0. The Bertz CT molecular complexity index is 1970. The van der Waals surface area contributed by atoms with E-state index in [0.717, 1.165) is 27.5 Å². The molecule has 0 radical (unpaired) electrons. The van der Waals surface area contributed by atoms with Gasteiger partial charge in [-0.05, 0) is 73.6 Å². The Morgan fingerprint density at radius 1 is 0.333 bits per heavy atom. The second kappa shape index (κ2) is 9.79. The maximum absolute atomic E-state index is 6.36. The molecule has 7 aromatic rings. The first kappa shape index (κ1) is 23.3. The molecule has 7 rings (SSSR count). The van der Waals surface area contributed by atoms with E-state index in [2.05, 4.69) is 107 Å². The highest BCUT2D eigenvalue weighted by Crippen LogP contribution is 2.30. The van der Waals surface area contributed by atoms with Crippen LogP contribution in [-0.2, 0) is 0 Å². The molecule has 1 aromatic heterocycles. The van der Waals surface area contributed by atoms with E-state index in [-0.39, 0.29) is 5.28 Å². The average Bonchev–Trinajstić information content (AvgIpc) is 3.00. The van der Waals surface area contributed by atoms with E-state index in [1.807, 2.05) is 36.4 Å². The molecule has 0 bridgehead atoms. The van der Waals surface area contributed by atoms with Gasteiger partial charge in [0.2, 0.25) is 5.28 Å². The molecule has 1 heterocycles. The molecule has 4 heteroatoms. The van der Waals surface area contributed by atoms with Crippen LogP contribution in [0.1, 0.15) is 0 Å². The van der Waals surface area contributed by atoms with E-state index in [9.17, 15) is 0 Å². The van der Waals surface area contributed by atoms with E-state index in [1.54, 1.807) is 0 Å². The van der Waals surface area contributed by atoms with Gasteiger partial charge in [0.15, 0.2) is 11.6 Å². The van der Waals surface area contributed by atoms with Crippen molar-refractivity contribution in [3.8, 4) is 45.0 Å². The predicted molar refractivity (Wildman–Crippen MR) is 162 cm³/mol. The number of hydrogen-bond acceptors (Lipinski definition) is 3. The predicted octanol–water partition coefficient (Wildman–Crippen LogP) is 9.50. The summed E-state index contributed by atoms with van der Waals surface area (Å²) in [6.07, 6.45) is 0. The number of rotatable bonds is 4. The lowest BCUT2D eigenvalue weighted by molar-refractivity contribution is 1.07. The van der Waals surface area contributed by atoms with E-state index in [1.165, 1.54) is 27.5 Å². The Balaban J connectivity index is 1.21. The summed E-state index contributed by atoms with van der Waals surface area (Å²) in [5.41, 5.74) is 6.47. The molecule has 3 nitrogen and oxygen atoms in total. The van der Waals surface area contributed by atoms with Gasteiger partial charge in [-0.25, -0.2) is 4.98 Å². The summed E-state index contributed by atoms with van der Waals surface area (Å²) in [5, 5.41) is 4.93. The molecule has 0 saturated heterocycles. The molecule has 0 saturated carbocycles. The summed E-state index contributed by atoms with van der Waals surface area (Å²) in [4.78, 5) is 13.6. The van der Waals surface area contributed by atoms with E-state index >= 15 is 0 Å². The van der Waals surface area contributed by atoms with Gasteiger partial charge in [-0.2, -0.15) is 9.97 Å². The standard InChI is InChI=1S/C35H22ClN3/c36-35-38-33(26-13-10-25(11-14-26)23-6-2-1-3-7-23)37-34(39-35)32-19-18-30-21-29(16-17-31(30)22-32)28-15-12-24-8-4-5-9-27(24)20-28/h1-22H. The van der Waals surface area contributed by atoms with Gasteiger partial charge in [-0.3, -0.25) is 0 Å². The molecule has 0 N–H and O–H groups in total.